The number of nitrogens with zero attached hydrogens (tertiary/aromatic N) is 2. The maximum absolute atomic E-state index is 8.52. The first kappa shape index (κ1) is 16.7. The molecule has 25 heavy (non-hydrogen) atoms. The van der Waals surface area contributed by atoms with Gasteiger partial charge in [-0.25, -0.2) is 9.97 Å². The summed E-state index contributed by atoms with van der Waals surface area (Å²) in [6.45, 7) is 6.07. The van der Waals surface area contributed by atoms with Crippen LogP contribution in [0.2, 0.25) is 0 Å². The van der Waals surface area contributed by atoms with Crippen LogP contribution in [0.1, 0.15) is 26.3 Å². The van der Waals surface area contributed by atoms with Gasteiger partial charge in [-0.3, -0.25) is 5.41 Å². The van der Waals surface area contributed by atoms with Crippen LogP contribution in [0, 0.1) is 5.41 Å². The molecule has 0 saturated heterocycles. The Morgan fingerprint density at radius 3 is 2.52 bits per heavy atom. The van der Waals surface area contributed by atoms with Gasteiger partial charge in [0, 0.05) is 16.6 Å². The van der Waals surface area contributed by atoms with Crippen LogP contribution in [0.3, 0.4) is 0 Å². The summed E-state index contributed by atoms with van der Waals surface area (Å²) in [5.74, 6) is 0.957. The van der Waals surface area contributed by atoms with Crippen molar-refractivity contribution in [3.63, 3.8) is 0 Å². The first-order chi connectivity index (χ1) is 11.8. The van der Waals surface area contributed by atoms with E-state index in [-0.39, 0.29) is 17.2 Å². The van der Waals surface area contributed by atoms with Gasteiger partial charge in [0.2, 0.25) is 0 Å². The molecule has 0 aliphatic heterocycles. The van der Waals surface area contributed by atoms with Crippen LogP contribution >= 0.6 is 0 Å². The molecule has 6 nitrogen and oxygen atoms in total. The summed E-state index contributed by atoms with van der Waals surface area (Å²) in [5, 5.41) is 17.1. The Bertz CT molecular complexity index is 921. The minimum absolute atomic E-state index is 0.154. The molecule has 0 spiro atoms. The van der Waals surface area contributed by atoms with E-state index in [1.54, 1.807) is 0 Å². The molecular weight excluding hydrogens is 312 g/mol. The summed E-state index contributed by atoms with van der Waals surface area (Å²) < 4.78 is 0. The van der Waals surface area contributed by atoms with E-state index >= 15 is 0 Å². The van der Waals surface area contributed by atoms with E-state index in [0.717, 1.165) is 16.5 Å². The van der Waals surface area contributed by atoms with Gasteiger partial charge < -0.3 is 16.4 Å². The SMILES string of the molecule is CC(C)(C)Nc1ncnc(N)c1C(=N)Nc1cccc2ccccc12. The Morgan fingerprint density at radius 2 is 1.76 bits per heavy atom. The van der Waals surface area contributed by atoms with Crippen molar-refractivity contribution in [3.05, 3.63) is 54.4 Å². The zero-order chi connectivity index (χ0) is 18.0. The van der Waals surface area contributed by atoms with Gasteiger partial charge in [0.05, 0.1) is 0 Å². The Hall–Kier alpha value is -3.15. The molecule has 0 aliphatic rings. The third-order valence-electron chi connectivity index (χ3n) is 3.67. The number of nitrogens with two attached hydrogens (primary N) is 1. The molecule has 2 aromatic carbocycles. The van der Waals surface area contributed by atoms with E-state index in [1.165, 1.54) is 6.33 Å². The lowest BCUT2D eigenvalue weighted by Gasteiger charge is -2.24. The Kier molecular flexibility index (Phi) is 4.27. The third kappa shape index (κ3) is 3.68. The average molecular weight is 334 g/mol. The molecule has 1 heterocycles. The second kappa shape index (κ2) is 6.39. The number of rotatable bonds is 3. The van der Waals surface area contributed by atoms with Gasteiger partial charge in [-0.15, -0.1) is 0 Å². The standard InChI is InChI=1S/C19H22N6/c1-19(2,3)25-18-15(16(20)22-11-23-18)17(21)24-14-10-6-8-12-7-4-5-9-13(12)14/h4-11H,1-3H3,(H2,21,24)(H3,20,22,23,25). The fraction of sp³-hybridized carbons (Fsp3) is 0.211. The van der Waals surface area contributed by atoms with Crippen LogP contribution in [-0.4, -0.2) is 21.3 Å². The lowest BCUT2D eigenvalue weighted by molar-refractivity contribution is 0.630. The van der Waals surface area contributed by atoms with Gasteiger partial charge in [-0.1, -0.05) is 36.4 Å². The van der Waals surface area contributed by atoms with Crippen molar-refractivity contribution in [1.82, 2.24) is 9.97 Å². The molecule has 0 bridgehead atoms. The van der Waals surface area contributed by atoms with E-state index in [2.05, 4.69) is 20.6 Å². The van der Waals surface area contributed by atoms with Crippen LogP contribution in [-0.2, 0) is 0 Å². The number of hydrogen-bond donors (Lipinski definition) is 4. The van der Waals surface area contributed by atoms with Gasteiger partial charge in [0.15, 0.2) is 0 Å². The number of fused-ring (bicyclic) bond motifs is 1. The Labute approximate surface area is 147 Å². The predicted molar refractivity (Wildman–Crippen MR) is 104 cm³/mol. The summed E-state index contributed by atoms with van der Waals surface area (Å²) in [5.41, 5.74) is 7.13. The molecule has 0 saturated carbocycles. The van der Waals surface area contributed by atoms with Crippen LogP contribution in [0.5, 0.6) is 0 Å². The monoisotopic (exact) mass is 334 g/mol. The fourth-order valence-corrected chi connectivity index (χ4v) is 2.63. The molecule has 1 aromatic heterocycles. The fourth-order valence-electron chi connectivity index (χ4n) is 2.63. The first-order valence-corrected chi connectivity index (χ1v) is 8.07. The first-order valence-electron chi connectivity index (χ1n) is 8.07. The molecule has 5 N–H and O–H groups in total. The van der Waals surface area contributed by atoms with Crippen LogP contribution < -0.4 is 16.4 Å². The maximum Gasteiger partial charge on any atom is 0.143 e. The topological polar surface area (TPSA) is 99.7 Å². The van der Waals surface area contributed by atoms with Gasteiger partial charge >= 0.3 is 0 Å². The van der Waals surface area contributed by atoms with Crippen LogP contribution in [0.4, 0.5) is 17.3 Å². The zero-order valence-electron chi connectivity index (χ0n) is 14.6. The maximum atomic E-state index is 8.52. The van der Waals surface area contributed by atoms with E-state index in [9.17, 15) is 0 Å². The second-order valence-electron chi connectivity index (χ2n) is 6.88. The summed E-state index contributed by atoms with van der Waals surface area (Å²) in [4.78, 5) is 8.31. The van der Waals surface area contributed by atoms with Crippen molar-refractivity contribution in [2.24, 2.45) is 0 Å². The van der Waals surface area contributed by atoms with Crippen molar-refractivity contribution in [1.29, 1.82) is 5.41 Å². The van der Waals surface area contributed by atoms with Gasteiger partial charge in [-0.05, 0) is 32.2 Å². The molecule has 0 fully saturated rings. The number of nitrogen functional groups attached to an aromatic ring is 1. The summed E-state index contributed by atoms with van der Waals surface area (Å²) in [6, 6.07) is 14.0. The summed E-state index contributed by atoms with van der Waals surface area (Å²) >= 11 is 0. The minimum Gasteiger partial charge on any atom is -0.383 e. The molecule has 0 amide bonds. The molecule has 0 aliphatic carbocycles. The van der Waals surface area contributed by atoms with Gasteiger partial charge in [-0.2, -0.15) is 0 Å². The predicted octanol–water partition coefficient (Wildman–Crippen LogP) is 3.86. The van der Waals surface area contributed by atoms with Crippen molar-refractivity contribution in [2.45, 2.75) is 26.3 Å². The van der Waals surface area contributed by atoms with E-state index in [0.29, 0.717) is 11.4 Å². The highest BCUT2D eigenvalue weighted by Crippen LogP contribution is 2.26. The number of benzene rings is 2. The Balaban J connectivity index is 1.99. The second-order valence-corrected chi connectivity index (χ2v) is 6.88. The van der Waals surface area contributed by atoms with E-state index < -0.39 is 0 Å². The minimum atomic E-state index is -0.213. The van der Waals surface area contributed by atoms with E-state index in [1.807, 2.05) is 63.2 Å². The Morgan fingerprint density at radius 1 is 1.04 bits per heavy atom. The van der Waals surface area contributed by atoms with Crippen LogP contribution in [0.25, 0.3) is 10.8 Å². The van der Waals surface area contributed by atoms with E-state index in [4.69, 9.17) is 11.1 Å². The number of anilines is 3. The zero-order valence-corrected chi connectivity index (χ0v) is 14.6. The van der Waals surface area contributed by atoms with Gasteiger partial charge in [0.1, 0.15) is 29.4 Å². The molecular formula is C19H22N6. The lowest BCUT2D eigenvalue weighted by Crippen LogP contribution is -2.29. The molecule has 6 heteroatoms. The number of nitrogens with one attached hydrogen (secondary N) is 3. The van der Waals surface area contributed by atoms with Gasteiger partial charge in [0.25, 0.3) is 0 Å². The number of amidine groups is 1. The molecule has 3 rings (SSSR count). The lowest BCUT2D eigenvalue weighted by atomic mass is 10.1. The van der Waals surface area contributed by atoms with Crippen molar-refractivity contribution >= 4 is 33.9 Å². The smallest absolute Gasteiger partial charge is 0.143 e. The van der Waals surface area contributed by atoms with Crippen LogP contribution in [0.15, 0.2) is 48.8 Å². The molecule has 0 radical (unpaired) electrons. The molecule has 0 atom stereocenters. The van der Waals surface area contributed by atoms with Crippen molar-refractivity contribution in [3.8, 4) is 0 Å². The quantitative estimate of drug-likeness (QED) is 0.430. The summed E-state index contributed by atoms with van der Waals surface area (Å²) in [6.07, 6.45) is 1.40. The highest BCUT2D eigenvalue weighted by atomic mass is 15.1. The third-order valence-corrected chi connectivity index (χ3v) is 3.67. The van der Waals surface area contributed by atoms with Crippen molar-refractivity contribution < 1.29 is 0 Å². The summed E-state index contributed by atoms with van der Waals surface area (Å²) in [7, 11) is 0. The molecule has 128 valence electrons. The number of aromatic nitrogens is 2. The highest BCUT2D eigenvalue weighted by molar-refractivity contribution is 6.14. The van der Waals surface area contributed by atoms with Crippen molar-refractivity contribution in [2.75, 3.05) is 16.4 Å². The normalized spacial score (nSPS) is 11.3. The molecule has 3 aromatic rings. The molecule has 0 unspecified atom stereocenters. The highest BCUT2D eigenvalue weighted by Gasteiger charge is 2.19. The largest absolute Gasteiger partial charge is 0.383 e. The number of hydrogen-bond acceptors (Lipinski definition) is 5. The average Bonchev–Trinajstić information content (AvgIpc) is 2.53.